The lowest BCUT2D eigenvalue weighted by molar-refractivity contribution is -0.137. The third kappa shape index (κ3) is 4.79. The Balaban J connectivity index is 1.24. The largest absolute Gasteiger partial charge is 0.486 e. The van der Waals surface area contributed by atoms with Crippen molar-refractivity contribution in [2.45, 2.75) is 25.3 Å². The Labute approximate surface area is 221 Å². The minimum atomic E-state index is -0.597. The van der Waals surface area contributed by atoms with E-state index in [1.807, 2.05) is 48.5 Å². The average molecular weight is 509 g/mol. The second-order valence-corrected chi connectivity index (χ2v) is 9.59. The Kier molecular flexibility index (Phi) is 6.65. The first-order valence-electron chi connectivity index (χ1n) is 13.0. The fourth-order valence-electron chi connectivity index (χ4n) is 5.39. The number of benzene rings is 3. The molecule has 0 aromatic heterocycles. The second-order valence-electron chi connectivity index (χ2n) is 9.59. The van der Waals surface area contributed by atoms with Crippen molar-refractivity contribution in [2.75, 3.05) is 19.8 Å². The molecule has 7 nitrogen and oxygen atoms in total. The molecule has 2 atom stereocenters. The summed E-state index contributed by atoms with van der Waals surface area (Å²) in [6.45, 7) is 0.481. The smallest absolute Gasteiger partial charge is 0.338 e. The first kappa shape index (κ1) is 24.0. The lowest BCUT2D eigenvalue weighted by Gasteiger charge is -2.29. The molecule has 0 radical (unpaired) electrons. The summed E-state index contributed by atoms with van der Waals surface area (Å²) in [6, 6.07) is 24.8. The van der Waals surface area contributed by atoms with Gasteiger partial charge in [0.1, 0.15) is 13.2 Å². The number of hydrazone groups is 1. The van der Waals surface area contributed by atoms with Crippen molar-refractivity contribution in [3.8, 4) is 11.5 Å². The average Bonchev–Trinajstić information content (AvgIpc) is 3.37. The molecule has 1 saturated carbocycles. The molecule has 1 aliphatic carbocycles. The van der Waals surface area contributed by atoms with E-state index >= 15 is 0 Å². The third-order valence-electron chi connectivity index (χ3n) is 7.14. The zero-order valence-corrected chi connectivity index (χ0v) is 20.9. The number of carbonyl (C=O) groups excluding carboxylic acids is 2. The number of fused-ring (bicyclic) bond motifs is 2. The summed E-state index contributed by atoms with van der Waals surface area (Å²) in [5.41, 5.74) is 4.53. The molecule has 0 spiro atoms. The van der Waals surface area contributed by atoms with E-state index in [0.717, 1.165) is 41.7 Å². The van der Waals surface area contributed by atoms with Crippen LogP contribution >= 0.6 is 0 Å². The minimum absolute atomic E-state index is 0.0820. The summed E-state index contributed by atoms with van der Waals surface area (Å²) in [5, 5.41) is 6.38. The maximum atomic E-state index is 13.5. The molecule has 3 aromatic rings. The number of hydrogen-bond acceptors (Lipinski definition) is 6. The van der Waals surface area contributed by atoms with Crippen LogP contribution in [0.4, 0.5) is 0 Å². The molecule has 2 unspecified atom stereocenters. The minimum Gasteiger partial charge on any atom is -0.486 e. The molecule has 38 heavy (non-hydrogen) atoms. The molecule has 3 aromatic carbocycles. The van der Waals surface area contributed by atoms with Gasteiger partial charge in [0.25, 0.3) is 5.91 Å². The maximum absolute atomic E-state index is 13.5. The number of allylic oxidation sites excluding steroid dienone is 1. The predicted molar refractivity (Wildman–Crippen MR) is 143 cm³/mol. The van der Waals surface area contributed by atoms with Gasteiger partial charge >= 0.3 is 5.97 Å². The van der Waals surface area contributed by atoms with Crippen LogP contribution in [0.25, 0.3) is 6.08 Å². The van der Waals surface area contributed by atoms with E-state index in [0.29, 0.717) is 30.3 Å². The molecule has 1 fully saturated rings. The van der Waals surface area contributed by atoms with Crippen molar-refractivity contribution >= 4 is 23.7 Å². The van der Waals surface area contributed by atoms with Crippen molar-refractivity contribution in [3.05, 3.63) is 101 Å². The van der Waals surface area contributed by atoms with E-state index in [-0.39, 0.29) is 17.9 Å². The van der Waals surface area contributed by atoms with E-state index in [1.165, 1.54) is 5.01 Å². The zero-order chi connectivity index (χ0) is 25.9. The van der Waals surface area contributed by atoms with E-state index in [9.17, 15) is 9.59 Å². The SMILES string of the molecule is O=C(OCC(=O)N1N=C2C(=Cc3ccccc3)CCCC2C1c1ccccc1)c1ccc2c(c1)OCCO2. The summed E-state index contributed by atoms with van der Waals surface area (Å²) in [5.74, 6) is 0.211. The summed E-state index contributed by atoms with van der Waals surface area (Å²) in [6.07, 6.45) is 5.04. The van der Waals surface area contributed by atoms with Crippen molar-refractivity contribution in [2.24, 2.45) is 11.0 Å². The predicted octanol–water partition coefficient (Wildman–Crippen LogP) is 5.44. The molecule has 7 heteroatoms. The summed E-state index contributed by atoms with van der Waals surface area (Å²) >= 11 is 0. The van der Waals surface area contributed by atoms with Gasteiger partial charge in [-0.05, 0) is 60.2 Å². The molecule has 0 N–H and O–H groups in total. The van der Waals surface area contributed by atoms with Crippen LogP contribution in [0.15, 0.2) is 89.5 Å². The molecule has 3 aliphatic rings. The van der Waals surface area contributed by atoms with E-state index in [1.54, 1.807) is 18.2 Å². The van der Waals surface area contributed by atoms with Crippen LogP contribution in [0.2, 0.25) is 0 Å². The van der Waals surface area contributed by atoms with Gasteiger partial charge < -0.3 is 14.2 Å². The van der Waals surface area contributed by atoms with Gasteiger partial charge in [-0.15, -0.1) is 0 Å². The summed E-state index contributed by atoms with van der Waals surface area (Å²) < 4.78 is 16.5. The van der Waals surface area contributed by atoms with Gasteiger partial charge in [-0.3, -0.25) is 4.79 Å². The standard InChI is InChI=1S/C31H28N2O5/c34-28(20-38-31(35)24-14-15-26-27(19-24)37-17-16-36-26)33-30(22-10-5-2-6-11-22)25-13-7-12-23(29(25)32-33)18-21-8-3-1-4-9-21/h1-6,8-11,14-15,18-19,25,30H,7,12-13,16-17,20H2. The van der Waals surface area contributed by atoms with E-state index in [2.05, 4.69) is 18.2 Å². The van der Waals surface area contributed by atoms with Gasteiger partial charge in [0.05, 0.1) is 17.3 Å². The topological polar surface area (TPSA) is 77.4 Å². The highest BCUT2D eigenvalue weighted by Gasteiger charge is 2.43. The number of amides is 1. The van der Waals surface area contributed by atoms with E-state index in [4.69, 9.17) is 19.3 Å². The molecule has 6 rings (SSSR count). The first-order valence-corrected chi connectivity index (χ1v) is 13.0. The fourth-order valence-corrected chi connectivity index (χ4v) is 5.39. The van der Waals surface area contributed by atoms with Crippen molar-refractivity contribution < 1.29 is 23.8 Å². The van der Waals surface area contributed by atoms with Crippen LogP contribution in [0.3, 0.4) is 0 Å². The molecule has 0 bridgehead atoms. The number of rotatable bonds is 5. The van der Waals surface area contributed by atoms with Gasteiger partial charge in [0.2, 0.25) is 0 Å². The van der Waals surface area contributed by atoms with Crippen LogP contribution in [0.1, 0.15) is 46.8 Å². The van der Waals surface area contributed by atoms with Gasteiger partial charge in [0, 0.05) is 5.92 Å². The summed E-state index contributed by atoms with van der Waals surface area (Å²) in [7, 11) is 0. The van der Waals surface area contributed by atoms with Gasteiger partial charge in [-0.2, -0.15) is 5.10 Å². The van der Waals surface area contributed by atoms with Gasteiger partial charge in [-0.1, -0.05) is 60.7 Å². The van der Waals surface area contributed by atoms with Crippen LogP contribution in [0, 0.1) is 5.92 Å². The molecule has 2 heterocycles. The number of ether oxygens (including phenoxy) is 3. The molecule has 192 valence electrons. The first-order chi connectivity index (χ1) is 18.7. The highest BCUT2D eigenvalue weighted by molar-refractivity contribution is 6.08. The molecular formula is C31H28N2O5. The lowest BCUT2D eigenvalue weighted by atomic mass is 9.77. The Bertz CT molecular complexity index is 1400. The molecular weight excluding hydrogens is 480 g/mol. The fraction of sp³-hybridized carbons (Fsp3) is 0.258. The molecule has 1 amide bonds. The highest BCUT2D eigenvalue weighted by atomic mass is 16.6. The van der Waals surface area contributed by atoms with Crippen LogP contribution in [0.5, 0.6) is 11.5 Å². The Morgan fingerprint density at radius 3 is 2.47 bits per heavy atom. The van der Waals surface area contributed by atoms with Crippen LogP contribution < -0.4 is 9.47 Å². The van der Waals surface area contributed by atoms with Crippen molar-refractivity contribution in [1.82, 2.24) is 5.01 Å². The van der Waals surface area contributed by atoms with Crippen LogP contribution in [-0.2, 0) is 9.53 Å². The number of hydrogen-bond donors (Lipinski definition) is 0. The highest BCUT2D eigenvalue weighted by Crippen LogP contribution is 2.44. The van der Waals surface area contributed by atoms with Crippen molar-refractivity contribution in [1.29, 1.82) is 0 Å². The Morgan fingerprint density at radius 1 is 0.947 bits per heavy atom. The number of esters is 1. The molecule has 0 saturated heterocycles. The zero-order valence-electron chi connectivity index (χ0n) is 20.9. The Hall–Kier alpha value is -4.39. The normalized spacial score (nSPS) is 21.0. The van der Waals surface area contributed by atoms with Gasteiger partial charge in [0.15, 0.2) is 18.1 Å². The molecule has 2 aliphatic heterocycles. The van der Waals surface area contributed by atoms with Crippen LogP contribution in [-0.4, -0.2) is 42.4 Å². The quantitative estimate of drug-likeness (QED) is 0.429. The monoisotopic (exact) mass is 508 g/mol. The maximum Gasteiger partial charge on any atom is 0.338 e. The van der Waals surface area contributed by atoms with Crippen molar-refractivity contribution in [3.63, 3.8) is 0 Å². The van der Waals surface area contributed by atoms with Gasteiger partial charge in [-0.25, -0.2) is 9.80 Å². The number of carbonyl (C=O) groups is 2. The lowest BCUT2D eigenvalue weighted by Crippen LogP contribution is -2.34. The Morgan fingerprint density at radius 2 is 1.68 bits per heavy atom. The number of nitrogens with zero attached hydrogens (tertiary/aromatic N) is 2. The third-order valence-corrected chi connectivity index (χ3v) is 7.14. The van der Waals surface area contributed by atoms with E-state index < -0.39 is 12.6 Å². The summed E-state index contributed by atoms with van der Waals surface area (Å²) in [4.78, 5) is 26.3. The second kappa shape index (κ2) is 10.5.